The maximum absolute atomic E-state index is 9.04. The summed E-state index contributed by atoms with van der Waals surface area (Å²) in [5.74, 6) is 0. The van der Waals surface area contributed by atoms with Gasteiger partial charge in [-0.05, 0) is 49.0 Å². The molecule has 0 fully saturated rings. The minimum atomic E-state index is 0.549. The summed E-state index contributed by atoms with van der Waals surface area (Å²) >= 11 is 11.7. The van der Waals surface area contributed by atoms with Gasteiger partial charge in [0, 0.05) is 0 Å². The number of para-hydroxylation sites is 1. The number of halogens is 1. The maximum atomic E-state index is 9.04. The molecule has 0 aliphatic carbocycles. The Hall–Kier alpha value is -2.09. The van der Waals surface area contributed by atoms with E-state index < -0.39 is 0 Å². The molecule has 0 atom stereocenters. The van der Waals surface area contributed by atoms with Gasteiger partial charge in [-0.3, -0.25) is 4.57 Å². The van der Waals surface area contributed by atoms with Crippen LogP contribution in [-0.4, -0.2) is 9.55 Å². The summed E-state index contributed by atoms with van der Waals surface area (Å²) in [6.07, 6.45) is 0. The van der Waals surface area contributed by atoms with Crippen LogP contribution in [0.2, 0.25) is 5.02 Å². The van der Waals surface area contributed by atoms with Gasteiger partial charge in [0.1, 0.15) is 0 Å². The van der Waals surface area contributed by atoms with Gasteiger partial charge in [-0.25, -0.2) is 0 Å². The number of hydrogen-bond donors (Lipinski definition) is 1. The summed E-state index contributed by atoms with van der Waals surface area (Å²) in [4.78, 5) is 3.19. The summed E-state index contributed by atoms with van der Waals surface area (Å²) in [6.45, 7) is 2.02. The molecule has 0 bridgehead atoms. The molecule has 3 aromatic rings. The van der Waals surface area contributed by atoms with E-state index in [1.165, 1.54) is 0 Å². The van der Waals surface area contributed by atoms with Gasteiger partial charge in [0.25, 0.3) is 0 Å². The van der Waals surface area contributed by atoms with Crippen molar-refractivity contribution in [2.75, 3.05) is 0 Å². The molecule has 3 rings (SSSR count). The molecule has 0 amide bonds. The van der Waals surface area contributed by atoms with E-state index in [1.54, 1.807) is 18.2 Å². The molecule has 3 nitrogen and oxygen atoms in total. The number of fused-ring (bicyclic) bond motifs is 1. The Labute approximate surface area is 126 Å². The van der Waals surface area contributed by atoms with Crippen molar-refractivity contribution >= 4 is 34.9 Å². The fourth-order valence-electron chi connectivity index (χ4n) is 2.27. The number of aromatic amines is 1. The highest BCUT2D eigenvalue weighted by atomic mass is 35.5. The van der Waals surface area contributed by atoms with Crippen LogP contribution in [0, 0.1) is 23.0 Å². The fourth-order valence-corrected chi connectivity index (χ4v) is 2.77. The van der Waals surface area contributed by atoms with Gasteiger partial charge in [-0.2, -0.15) is 5.26 Å². The van der Waals surface area contributed by atoms with Crippen LogP contribution in [0.15, 0.2) is 36.4 Å². The third-order valence-electron chi connectivity index (χ3n) is 3.24. The van der Waals surface area contributed by atoms with Gasteiger partial charge in [0.05, 0.1) is 33.4 Å². The van der Waals surface area contributed by atoms with Gasteiger partial charge >= 0.3 is 0 Å². The topological polar surface area (TPSA) is 44.5 Å². The predicted octanol–water partition coefficient (Wildman–Crippen LogP) is 4.52. The quantitative estimate of drug-likeness (QED) is 0.671. The number of imidazole rings is 1. The molecule has 0 aliphatic heterocycles. The van der Waals surface area contributed by atoms with Crippen molar-refractivity contribution < 1.29 is 0 Å². The largest absolute Gasteiger partial charge is 0.330 e. The first-order valence-corrected chi connectivity index (χ1v) is 6.81. The summed E-state index contributed by atoms with van der Waals surface area (Å²) in [5, 5.41) is 9.60. The molecule has 98 valence electrons. The molecular formula is C15H10ClN3S. The summed E-state index contributed by atoms with van der Waals surface area (Å²) in [7, 11) is 0. The summed E-state index contributed by atoms with van der Waals surface area (Å²) in [6, 6.07) is 13.2. The molecule has 0 radical (unpaired) electrons. The molecule has 2 aromatic carbocycles. The Bertz CT molecular complexity index is 915. The summed E-state index contributed by atoms with van der Waals surface area (Å²) in [5.41, 5.74) is 4.31. The molecule has 1 heterocycles. The Morgan fingerprint density at radius 2 is 2.10 bits per heavy atom. The molecule has 0 saturated heterocycles. The van der Waals surface area contributed by atoms with Gasteiger partial charge in [0.2, 0.25) is 0 Å². The standard InChI is InChI=1S/C15H10ClN3S/c1-9-3-2-4-12-14(9)18-15(20)19(12)13-7-10(8-17)5-6-11(13)16/h2-7H,1H3,(H,18,20). The lowest BCUT2D eigenvalue weighted by molar-refractivity contribution is 1.06. The SMILES string of the molecule is Cc1cccc2c1[nH]c(=S)n2-c1cc(C#N)ccc1Cl. The number of nitriles is 1. The van der Waals surface area contributed by atoms with E-state index in [2.05, 4.69) is 11.1 Å². The minimum Gasteiger partial charge on any atom is -0.330 e. The molecule has 0 unspecified atom stereocenters. The Kier molecular flexibility index (Phi) is 3.09. The molecule has 1 aromatic heterocycles. The molecule has 0 aliphatic rings. The Balaban J connectivity index is 2.42. The van der Waals surface area contributed by atoms with Crippen molar-refractivity contribution in [3.05, 3.63) is 57.3 Å². The monoisotopic (exact) mass is 299 g/mol. The third-order valence-corrected chi connectivity index (χ3v) is 3.85. The van der Waals surface area contributed by atoms with Crippen LogP contribution in [0.1, 0.15) is 11.1 Å². The molecule has 0 saturated carbocycles. The van der Waals surface area contributed by atoms with Gasteiger partial charge < -0.3 is 4.98 Å². The average Bonchev–Trinajstić information content (AvgIpc) is 2.77. The van der Waals surface area contributed by atoms with Crippen molar-refractivity contribution in [2.24, 2.45) is 0 Å². The van der Waals surface area contributed by atoms with Gasteiger partial charge in [0.15, 0.2) is 4.77 Å². The Morgan fingerprint density at radius 1 is 1.30 bits per heavy atom. The van der Waals surface area contributed by atoms with E-state index in [4.69, 9.17) is 29.1 Å². The van der Waals surface area contributed by atoms with E-state index in [-0.39, 0.29) is 0 Å². The highest BCUT2D eigenvalue weighted by molar-refractivity contribution is 7.71. The molecule has 20 heavy (non-hydrogen) atoms. The van der Waals surface area contributed by atoms with Crippen molar-refractivity contribution in [1.82, 2.24) is 9.55 Å². The Morgan fingerprint density at radius 3 is 2.85 bits per heavy atom. The first-order chi connectivity index (χ1) is 9.61. The number of benzene rings is 2. The van der Waals surface area contributed by atoms with Crippen LogP contribution in [0.25, 0.3) is 16.7 Å². The van der Waals surface area contributed by atoms with Crippen molar-refractivity contribution in [1.29, 1.82) is 5.26 Å². The van der Waals surface area contributed by atoms with Crippen molar-refractivity contribution in [3.63, 3.8) is 0 Å². The minimum absolute atomic E-state index is 0.549. The molecule has 0 spiro atoms. The number of aromatic nitrogens is 2. The fraction of sp³-hybridized carbons (Fsp3) is 0.0667. The van der Waals surface area contributed by atoms with E-state index in [0.29, 0.717) is 21.0 Å². The number of hydrogen-bond acceptors (Lipinski definition) is 2. The van der Waals surface area contributed by atoms with E-state index in [9.17, 15) is 0 Å². The van der Waals surface area contributed by atoms with Crippen LogP contribution in [0.3, 0.4) is 0 Å². The smallest absolute Gasteiger partial charge is 0.182 e. The van der Waals surface area contributed by atoms with Crippen LogP contribution in [-0.2, 0) is 0 Å². The molecule has 1 N–H and O–H groups in total. The number of aryl methyl sites for hydroxylation is 1. The lowest BCUT2D eigenvalue weighted by Crippen LogP contribution is -1.96. The van der Waals surface area contributed by atoms with Crippen molar-refractivity contribution in [2.45, 2.75) is 6.92 Å². The average molecular weight is 300 g/mol. The molecular weight excluding hydrogens is 290 g/mol. The van der Waals surface area contributed by atoms with E-state index in [1.807, 2.05) is 29.7 Å². The number of rotatable bonds is 1. The third kappa shape index (κ3) is 1.92. The zero-order chi connectivity index (χ0) is 14.3. The first kappa shape index (κ1) is 12.9. The maximum Gasteiger partial charge on any atom is 0.182 e. The predicted molar refractivity (Wildman–Crippen MR) is 82.9 cm³/mol. The molecule has 5 heteroatoms. The van der Waals surface area contributed by atoms with Gasteiger partial charge in [-0.15, -0.1) is 0 Å². The van der Waals surface area contributed by atoms with E-state index in [0.717, 1.165) is 16.6 Å². The normalized spacial score (nSPS) is 10.7. The van der Waals surface area contributed by atoms with Gasteiger partial charge in [-0.1, -0.05) is 23.7 Å². The van der Waals surface area contributed by atoms with Crippen LogP contribution in [0.5, 0.6) is 0 Å². The zero-order valence-electron chi connectivity index (χ0n) is 10.6. The van der Waals surface area contributed by atoms with Crippen LogP contribution in [0.4, 0.5) is 0 Å². The lowest BCUT2D eigenvalue weighted by atomic mass is 10.2. The van der Waals surface area contributed by atoms with Crippen LogP contribution < -0.4 is 0 Å². The van der Waals surface area contributed by atoms with E-state index >= 15 is 0 Å². The lowest BCUT2D eigenvalue weighted by Gasteiger charge is -2.07. The second-order valence-corrected chi connectivity index (χ2v) is 5.31. The first-order valence-electron chi connectivity index (χ1n) is 6.02. The number of nitrogens with one attached hydrogen (secondary N) is 1. The number of nitrogens with zero attached hydrogens (tertiary/aromatic N) is 2. The second kappa shape index (κ2) is 4.78. The summed E-state index contributed by atoms with van der Waals surface area (Å²) < 4.78 is 2.42. The second-order valence-electron chi connectivity index (χ2n) is 4.51. The zero-order valence-corrected chi connectivity index (χ0v) is 12.2. The van der Waals surface area contributed by atoms with Crippen molar-refractivity contribution in [3.8, 4) is 11.8 Å². The highest BCUT2D eigenvalue weighted by Gasteiger charge is 2.11. The number of H-pyrrole nitrogens is 1. The highest BCUT2D eigenvalue weighted by Crippen LogP contribution is 2.27. The van der Waals surface area contributed by atoms with Crippen LogP contribution >= 0.6 is 23.8 Å².